The number of sulfonamides is 1. The summed E-state index contributed by atoms with van der Waals surface area (Å²) in [6, 6.07) is 7.47. The lowest BCUT2D eigenvalue weighted by atomic mass is 10.1. The zero-order chi connectivity index (χ0) is 21.3. The summed E-state index contributed by atoms with van der Waals surface area (Å²) in [6.07, 6.45) is 0.940. The summed E-state index contributed by atoms with van der Waals surface area (Å²) >= 11 is 0. The fourth-order valence-electron chi connectivity index (χ4n) is 2.95. The number of rotatable bonds is 6. The molecule has 2 aromatic carbocycles. The van der Waals surface area contributed by atoms with E-state index in [9.17, 15) is 23.3 Å². The van der Waals surface area contributed by atoms with Gasteiger partial charge in [-0.3, -0.25) is 19.2 Å². The lowest BCUT2D eigenvalue weighted by Crippen LogP contribution is -2.45. The molecule has 0 radical (unpaired) electrons. The van der Waals surface area contributed by atoms with Gasteiger partial charge in [0.1, 0.15) is 6.04 Å². The molecule has 154 valence electrons. The smallest absolute Gasteiger partial charge is 0.271 e. The number of fused-ring (bicyclic) bond motifs is 1. The number of amides is 1. The fourth-order valence-corrected chi connectivity index (χ4v) is 4.17. The highest BCUT2D eigenvalue weighted by Crippen LogP contribution is 2.34. The molecule has 11 heteroatoms. The van der Waals surface area contributed by atoms with Gasteiger partial charge in [-0.15, -0.1) is 0 Å². The van der Waals surface area contributed by atoms with Crippen molar-refractivity contribution in [3.63, 3.8) is 0 Å². The number of anilines is 2. The maximum Gasteiger partial charge on any atom is 0.271 e. The van der Waals surface area contributed by atoms with E-state index < -0.39 is 26.9 Å². The Kier molecular flexibility index (Phi) is 5.33. The zero-order valence-corrected chi connectivity index (χ0v) is 16.7. The van der Waals surface area contributed by atoms with Gasteiger partial charge in [0.25, 0.3) is 5.69 Å². The Bertz CT molecular complexity index is 1080. The SMILES string of the molecule is Cc1ccc([N+](=O)[O-])cc1N([C@H](C)C(=O)Nc1ccc2c(c1)OCO2)S(C)(=O)=O. The molecule has 1 aliphatic rings. The van der Waals surface area contributed by atoms with E-state index in [-0.39, 0.29) is 18.2 Å². The molecule has 29 heavy (non-hydrogen) atoms. The van der Waals surface area contributed by atoms with Crippen LogP contribution in [0.4, 0.5) is 17.1 Å². The number of benzene rings is 2. The molecule has 10 nitrogen and oxygen atoms in total. The molecule has 1 N–H and O–H groups in total. The number of nitro benzene ring substituents is 1. The molecule has 1 amide bonds. The fraction of sp³-hybridized carbons (Fsp3) is 0.278. The third kappa shape index (κ3) is 4.24. The molecule has 0 aromatic heterocycles. The van der Waals surface area contributed by atoms with Crippen LogP contribution in [0.5, 0.6) is 11.5 Å². The van der Waals surface area contributed by atoms with E-state index in [0.717, 1.165) is 16.6 Å². The van der Waals surface area contributed by atoms with Crippen molar-refractivity contribution in [3.8, 4) is 11.5 Å². The van der Waals surface area contributed by atoms with Crippen molar-refractivity contribution in [2.45, 2.75) is 19.9 Å². The van der Waals surface area contributed by atoms with E-state index in [1.165, 1.54) is 19.1 Å². The molecular weight excluding hydrogens is 402 g/mol. The van der Waals surface area contributed by atoms with Gasteiger partial charge in [0.05, 0.1) is 16.9 Å². The number of carbonyl (C=O) groups excluding carboxylic acids is 1. The van der Waals surface area contributed by atoms with Crippen LogP contribution in [0.3, 0.4) is 0 Å². The first-order valence-electron chi connectivity index (χ1n) is 8.53. The number of ether oxygens (including phenoxy) is 2. The van der Waals surface area contributed by atoms with Crippen LogP contribution >= 0.6 is 0 Å². The Morgan fingerprint density at radius 3 is 2.55 bits per heavy atom. The maximum absolute atomic E-state index is 12.8. The number of hydrogen-bond donors (Lipinski definition) is 1. The number of hydrogen-bond acceptors (Lipinski definition) is 7. The van der Waals surface area contributed by atoms with Gasteiger partial charge in [-0.05, 0) is 31.5 Å². The van der Waals surface area contributed by atoms with E-state index in [0.29, 0.717) is 22.7 Å². The van der Waals surface area contributed by atoms with Gasteiger partial charge in [-0.2, -0.15) is 0 Å². The topological polar surface area (TPSA) is 128 Å². The Morgan fingerprint density at radius 1 is 1.21 bits per heavy atom. The number of nitro groups is 1. The minimum atomic E-state index is -3.92. The van der Waals surface area contributed by atoms with Crippen molar-refractivity contribution in [2.24, 2.45) is 0 Å². The molecule has 1 heterocycles. The van der Waals surface area contributed by atoms with Crippen LogP contribution in [0, 0.1) is 17.0 Å². The van der Waals surface area contributed by atoms with Gasteiger partial charge in [-0.1, -0.05) is 6.07 Å². The Morgan fingerprint density at radius 2 is 1.90 bits per heavy atom. The summed E-state index contributed by atoms with van der Waals surface area (Å²) in [5.74, 6) is 0.395. The van der Waals surface area contributed by atoms with Crippen LogP contribution in [0.1, 0.15) is 12.5 Å². The first kappa shape index (κ1) is 20.4. The summed E-state index contributed by atoms with van der Waals surface area (Å²) in [6.45, 7) is 3.10. The molecule has 0 saturated heterocycles. The molecule has 2 aromatic rings. The summed E-state index contributed by atoms with van der Waals surface area (Å²) in [7, 11) is -3.92. The molecule has 0 unspecified atom stereocenters. The number of nitrogens with one attached hydrogen (secondary N) is 1. The molecule has 0 fully saturated rings. The second-order valence-electron chi connectivity index (χ2n) is 6.52. The van der Waals surface area contributed by atoms with E-state index in [1.807, 2.05) is 0 Å². The minimum absolute atomic E-state index is 0.0648. The first-order chi connectivity index (χ1) is 13.6. The highest BCUT2D eigenvalue weighted by molar-refractivity contribution is 7.92. The summed E-state index contributed by atoms with van der Waals surface area (Å²) in [5, 5.41) is 13.7. The molecule has 1 atom stereocenters. The van der Waals surface area contributed by atoms with Crippen molar-refractivity contribution < 1.29 is 27.6 Å². The highest BCUT2D eigenvalue weighted by Gasteiger charge is 2.31. The van der Waals surface area contributed by atoms with Crippen molar-refractivity contribution in [1.29, 1.82) is 0 Å². The number of nitrogens with zero attached hydrogens (tertiary/aromatic N) is 2. The molecule has 3 rings (SSSR count). The van der Waals surface area contributed by atoms with Gasteiger partial charge in [0.15, 0.2) is 11.5 Å². The summed E-state index contributed by atoms with van der Waals surface area (Å²) in [5.41, 5.74) is 0.664. The standard InChI is InChI=1S/C18H19N3O7S/c1-11-4-6-14(21(23)24)9-15(11)20(29(3,25)26)12(2)18(22)19-13-5-7-16-17(8-13)28-10-27-16/h4-9,12H,10H2,1-3H3,(H,19,22)/t12-/m1/s1. The molecule has 1 aliphatic heterocycles. The first-order valence-corrected chi connectivity index (χ1v) is 10.4. The van der Waals surface area contributed by atoms with E-state index >= 15 is 0 Å². The van der Waals surface area contributed by atoms with Gasteiger partial charge in [0, 0.05) is 23.9 Å². The van der Waals surface area contributed by atoms with Crippen LogP contribution in [0.15, 0.2) is 36.4 Å². The third-order valence-electron chi connectivity index (χ3n) is 4.37. The van der Waals surface area contributed by atoms with Crippen LogP contribution in [-0.4, -0.2) is 38.3 Å². The van der Waals surface area contributed by atoms with E-state index in [1.54, 1.807) is 25.1 Å². The third-order valence-corrected chi connectivity index (χ3v) is 5.60. The van der Waals surface area contributed by atoms with Crippen molar-refractivity contribution in [2.75, 3.05) is 22.7 Å². The zero-order valence-electron chi connectivity index (χ0n) is 15.9. The predicted molar refractivity (Wildman–Crippen MR) is 106 cm³/mol. The van der Waals surface area contributed by atoms with Crippen molar-refractivity contribution >= 4 is 33.0 Å². The molecular formula is C18H19N3O7S. The van der Waals surface area contributed by atoms with Crippen molar-refractivity contribution in [3.05, 3.63) is 52.1 Å². The predicted octanol–water partition coefficient (Wildman–Crippen LogP) is 2.43. The van der Waals surface area contributed by atoms with Gasteiger partial charge >= 0.3 is 0 Å². The summed E-state index contributed by atoms with van der Waals surface area (Å²) in [4.78, 5) is 23.3. The average molecular weight is 421 g/mol. The van der Waals surface area contributed by atoms with Crippen LogP contribution < -0.4 is 19.1 Å². The quantitative estimate of drug-likeness (QED) is 0.560. The maximum atomic E-state index is 12.8. The van der Waals surface area contributed by atoms with Gasteiger partial charge in [-0.25, -0.2) is 8.42 Å². The molecule has 0 spiro atoms. The monoisotopic (exact) mass is 421 g/mol. The summed E-state index contributed by atoms with van der Waals surface area (Å²) < 4.78 is 36.3. The van der Waals surface area contributed by atoms with Crippen LogP contribution in [0.25, 0.3) is 0 Å². The van der Waals surface area contributed by atoms with E-state index in [2.05, 4.69) is 5.32 Å². The number of aryl methyl sites for hydroxylation is 1. The number of carbonyl (C=O) groups is 1. The van der Waals surface area contributed by atoms with Gasteiger partial charge in [0.2, 0.25) is 22.7 Å². The normalized spacial score (nSPS) is 13.6. The number of non-ortho nitro benzene ring substituents is 1. The van der Waals surface area contributed by atoms with E-state index in [4.69, 9.17) is 9.47 Å². The lowest BCUT2D eigenvalue weighted by molar-refractivity contribution is -0.384. The lowest BCUT2D eigenvalue weighted by Gasteiger charge is -2.29. The minimum Gasteiger partial charge on any atom is -0.454 e. The molecule has 0 aliphatic carbocycles. The van der Waals surface area contributed by atoms with Gasteiger partial charge < -0.3 is 14.8 Å². The Labute approximate surface area is 167 Å². The second-order valence-corrected chi connectivity index (χ2v) is 8.38. The Balaban J connectivity index is 1.92. The van der Waals surface area contributed by atoms with Crippen LogP contribution in [0.2, 0.25) is 0 Å². The molecule has 0 bridgehead atoms. The molecule has 0 saturated carbocycles. The van der Waals surface area contributed by atoms with Crippen LogP contribution in [-0.2, 0) is 14.8 Å². The highest BCUT2D eigenvalue weighted by atomic mass is 32.2. The second kappa shape index (κ2) is 7.59. The van der Waals surface area contributed by atoms with Crippen molar-refractivity contribution in [1.82, 2.24) is 0 Å². The average Bonchev–Trinajstić information content (AvgIpc) is 3.09. The largest absolute Gasteiger partial charge is 0.454 e. The Hall–Kier alpha value is -3.34.